The van der Waals surface area contributed by atoms with Crippen molar-refractivity contribution in [2.75, 3.05) is 14.1 Å². The normalized spacial score (nSPS) is 12.0. The molecule has 2 aromatic carbocycles. The van der Waals surface area contributed by atoms with E-state index in [1.54, 1.807) is 37.3 Å². The number of benzene rings is 2. The van der Waals surface area contributed by atoms with Crippen LogP contribution in [0.5, 0.6) is 0 Å². The van der Waals surface area contributed by atoms with Gasteiger partial charge in [-0.3, -0.25) is 4.79 Å². The van der Waals surface area contributed by atoms with Gasteiger partial charge in [0.15, 0.2) is 5.76 Å². The van der Waals surface area contributed by atoms with Crippen LogP contribution in [0.3, 0.4) is 0 Å². The second kappa shape index (κ2) is 7.76. The molecular weight excluding hydrogens is 356 g/mol. The number of halogens is 1. The van der Waals surface area contributed by atoms with Crippen molar-refractivity contribution in [3.05, 3.63) is 71.4 Å². The van der Waals surface area contributed by atoms with Crippen LogP contribution in [0.4, 0.5) is 0 Å². The van der Waals surface area contributed by atoms with E-state index in [1.165, 1.54) is 11.8 Å². The fraction of sp³-hybridized carbons (Fsp3) is 0.158. The van der Waals surface area contributed by atoms with Crippen molar-refractivity contribution in [2.24, 2.45) is 0 Å². The molecule has 0 bridgehead atoms. The molecule has 0 spiro atoms. The average molecular weight is 373 g/mol. The number of nitrogens with zero attached hydrogens (tertiary/aromatic N) is 2. The van der Waals surface area contributed by atoms with Crippen LogP contribution in [0.2, 0.25) is 5.02 Å². The predicted molar refractivity (Wildman–Crippen MR) is 101 cm³/mol. The number of likely N-dealkylation sites (N-methyl/N-ethyl adjacent to an activating group) is 1. The van der Waals surface area contributed by atoms with Crippen molar-refractivity contribution in [3.8, 4) is 11.3 Å². The standard InChI is InChI=1S/C19H17ClN2O2S/c1-22(2)18(23)17(14-6-4-3-5-7-14)25-19-21-12-16(24-19)13-8-10-15(20)11-9-13/h3-12,17H,1-2H3/t17-/m1/s1. The monoisotopic (exact) mass is 372 g/mol. The molecule has 128 valence electrons. The lowest BCUT2D eigenvalue weighted by molar-refractivity contribution is -0.128. The lowest BCUT2D eigenvalue weighted by atomic mass is 10.1. The molecule has 0 fully saturated rings. The first-order valence-electron chi connectivity index (χ1n) is 7.69. The van der Waals surface area contributed by atoms with Crippen LogP contribution in [-0.2, 0) is 4.79 Å². The first kappa shape index (κ1) is 17.6. The molecule has 0 aliphatic carbocycles. The Bertz CT molecular complexity index is 847. The van der Waals surface area contributed by atoms with Gasteiger partial charge in [0.2, 0.25) is 5.91 Å². The van der Waals surface area contributed by atoms with Gasteiger partial charge in [0.1, 0.15) is 5.25 Å². The van der Waals surface area contributed by atoms with Gasteiger partial charge in [0, 0.05) is 24.7 Å². The molecule has 25 heavy (non-hydrogen) atoms. The van der Waals surface area contributed by atoms with Crippen LogP contribution in [0.25, 0.3) is 11.3 Å². The summed E-state index contributed by atoms with van der Waals surface area (Å²) in [7, 11) is 3.49. The lowest BCUT2D eigenvalue weighted by Gasteiger charge is -2.19. The molecule has 3 aromatic rings. The minimum absolute atomic E-state index is 0.0116. The molecule has 1 heterocycles. The topological polar surface area (TPSA) is 46.3 Å². The van der Waals surface area contributed by atoms with Crippen molar-refractivity contribution < 1.29 is 9.21 Å². The summed E-state index contributed by atoms with van der Waals surface area (Å²) < 4.78 is 5.83. The summed E-state index contributed by atoms with van der Waals surface area (Å²) >= 11 is 7.21. The van der Waals surface area contributed by atoms with E-state index < -0.39 is 5.25 Å². The SMILES string of the molecule is CN(C)C(=O)[C@H](Sc1ncc(-c2ccc(Cl)cc2)o1)c1ccccc1. The molecule has 3 rings (SSSR count). The van der Waals surface area contributed by atoms with E-state index in [2.05, 4.69) is 4.98 Å². The Labute approximate surface area is 155 Å². The Balaban J connectivity index is 1.85. The highest BCUT2D eigenvalue weighted by molar-refractivity contribution is 8.00. The predicted octanol–water partition coefficient (Wildman–Crippen LogP) is 4.92. The van der Waals surface area contributed by atoms with Crippen LogP contribution in [0.15, 0.2) is 70.4 Å². The summed E-state index contributed by atoms with van der Waals surface area (Å²) in [5.41, 5.74) is 1.80. The van der Waals surface area contributed by atoms with Crippen LogP contribution < -0.4 is 0 Å². The van der Waals surface area contributed by atoms with E-state index in [1.807, 2.05) is 42.5 Å². The minimum Gasteiger partial charge on any atom is -0.431 e. The van der Waals surface area contributed by atoms with Gasteiger partial charge in [-0.2, -0.15) is 0 Å². The molecule has 0 saturated carbocycles. The minimum atomic E-state index is -0.409. The highest BCUT2D eigenvalue weighted by Crippen LogP contribution is 2.37. The van der Waals surface area contributed by atoms with Gasteiger partial charge in [-0.15, -0.1) is 0 Å². The Morgan fingerprint density at radius 1 is 1.12 bits per heavy atom. The maximum atomic E-state index is 12.6. The van der Waals surface area contributed by atoms with Gasteiger partial charge in [-0.25, -0.2) is 4.98 Å². The summed E-state index contributed by atoms with van der Waals surface area (Å²) in [4.78, 5) is 18.5. The van der Waals surface area contributed by atoms with Gasteiger partial charge >= 0.3 is 0 Å². The van der Waals surface area contributed by atoms with Gasteiger partial charge in [0.25, 0.3) is 5.22 Å². The van der Waals surface area contributed by atoms with E-state index in [-0.39, 0.29) is 5.91 Å². The Morgan fingerprint density at radius 2 is 1.80 bits per heavy atom. The van der Waals surface area contributed by atoms with Crippen LogP contribution in [0, 0.1) is 0 Å². The van der Waals surface area contributed by atoms with E-state index >= 15 is 0 Å². The van der Waals surface area contributed by atoms with E-state index in [0.29, 0.717) is 16.0 Å². The first-order chi connectivity index (χ1) is 12.0. The molecule has 0 saturated heterocycles. The zero-order chi connectivity index (χ0) is 17.8. The van der Waals surface area contributed by atoms with E-state index in [9.17, 15) is 4.79 Å². The lowest BCUT2D eigenvalue weighted by Crippen LogP contribution is -2.26. The van der Waals surface area contributed by atoms with Crippen molar-refractivity contribution in [1.29, 1.82) is 0 Å². The maximum Gasteiger partial charge on any atom is 0.257 e. The van der Waals surface area contributed by atoms with Crippen LogP contribution in [-0.4, -0.2) is 29.9 Å². The molecular formula is C19H17ClN2O2S. The number of carbonyl (C=O) groups excluding carboxylic acids is 1. The van der Waals surface area contributed by atoms with Gasteiger partial charge in [-0.05, 0) is 41.6 Å². The number of carbonyl (C=O) groups is 1. The number of hydrogen-bond acceptors (Lipinski definition) is 4. The van der Waals surface area contributed by atoms with Crippen molar-refractivity contribution in [2.45, 2.75) is 10.5 Å². The maximum absolute atomic E-state index is 12.6. The number of amides is 1. The number of thioether (sulfide) groups is 1. The fourth-order valence-corrected chi connectivity index (χ4v) is 3.47. The molecule has 1 aromatic heterocycles. The second-order valence-electron chi connectivity index (χ2n) is 5.64. The third-order valence-corrected chi connectivity index (χ3v) is 4.95. The summed E-state index contributed by atoms with van der Waals surface area (Å²) in [6, 6.07) is 17.0. The molecule has 1 amide bonds. The van der Waals surface area contributed by atoms with E-state index in [4.69, 9.17) is 16.0 Å². The summed E-state index contributed by atoms with van der Waals surface area (Å²) in [5, 5.41) is 0.709. The summed E-state index contributed by atoms with van der Waals surface area (Å²) in [6.45, 7) is 0. The van der Waals surface area contributed by atoms with Gasteiger partial charge in [-0.1, -0.05) is 41.9 Å². The highest BCUT2D eigenvalue weighted by Gasteiger charge is 2.25. The smallest absolute Gasteiger partial charge is 0.257 e. The van der Waals surface area contributed by atoms with Crippen LogP contribution in [0.1, 0.15) is 10.8 Å². The molecule has 0 unspecified atom stereocenters. The summed E-state index contributed by atoms with van der Waals surface area (Å²) in [6.07, 6.45) is 1.66. The first-order valence-corrected chi connectivity index (χ1v) is 8.95. The third-order valence-electron chi connectivity index (χ3n) is 3.60. The molecule has 0 N–H and O–H groups in total. The molecule has 0 aliphatic rings. The zero-order valence-corrected chi connectivity index (χ0v) is 15.4. The Morgan fingerprint density at radius 3 is 2.44 bits per heavy atom. The fourth-order valence-electron chi connectivity index (χ4n) is 2.28. The molecule has 4 nitrogen and oxygen atoms in total. The van der Waals surface area contributed by atoms with Gasteiger partial charge < -0.3 is 9.32 Å². The molecule has 0 aliphatic heterocycles. The Hall–Kier alpha value is -2.24. The van der Waals surface area contributed by atoms with Crippen LogP contribution >= 0.6 is 23.4 Å². The average Bonchev–Trinajstić information content (AvgIpc) is 3.09. The number of rotatable bonds is 5. The second-order valence-corrected chi connectivity index (χ2v) is 7.13. The van der Waals surface area contributed by atoms with Crippen molar-refractivity contribution >= 4 is 29.3 Å². The Kier molecular flexibility index (Phi) is 5.46. The third kappa shape index (κ3) is 4.24. The van der Waals surface area contributed by atoms with Crippen molar-refractivity contribution in [1.82, 2.24) is 9.88 Å². The summed E-state index contributed by atoms with van der Waals surface area (Å²) in [5.74, 6) is 0.630. The number of aromatic nitrogens is 1. The molecule has 6 heteroatoms. The quantitative estimate of drug-likeness (QED) is 0.596. The van der Waals surface area contributed by atoms with Gasteiger partial charge in [0.05, 0.1) is 6.20 Å². The number of hydrogen-bond donors (Lipinski definition) is 0. The van der Waals surface area contributed by atoms with Crippen molar-refractivity contribution in [3.63, 3.8) is 0 Å². The largest absolute Gasteiger partial charge is 0.431 e. The number of oxazole rings is 1. The zero-order valence-electron chi connectivity index (χ0n) is 13.8. The molecule has 0 radical (unpaired) electrons. The van der Waals surface area contributed by atoms with E-state index in [0.717, 1.165) is 11.1 Å². The molecule has 1 atom stereocenters. The highest BCUT2D eigenvalue weighted by atomic mass is 35.5.